The first kappa shape index (κ1) is 17.5. The highest BCUT2D eigenvalue weighted by Gasteiger charge is 2.18. The van der Waals surface area contributed by atoms with Gasteiger partial charge < -0.3 is 14.8 Å². The molecule has 0 saturated heterocycles. The van der Waals surface area contributed by atoms with Crippen molar-refractivity contribution in [3.63, 3.8) is 0 Å². The van der Waals surface area contributed by atoms with Crippen LogP contribution in [0.5, 0.6) is 0 Å². The Morgan fingerprint density at radius 3 is 2.79 bits per heavy atom. The standard InChI is InChI=1S/C16H21N5O3/c1-19(2)14-6-5-13(11-15(14)21(23)24)16(22)18-7-3-4-9-20-10-8-17-12-20/h5-6,8,10-12H,3-4,7,9H2,1-2H3,(H,18,22). The lowest BCUT2D eigenvalue weighted by molar-refractivity contribution is -0.384. The zero-order chi connectivity index (χ0) is 17.5. The molecule has 1 amide bonds. The molecule has 0 aliphatic heterocycles. The van der Waals surface area contributed by atoms with E-state index in [4.69, 9.17) is 0 Å². The van der Waals surface area contributed by atoms with Crippen molar-refractivity contribution < 1.29 is 9.72 Å². The summed E-state index contributed by atoms with van der Waals surface area (Å²) in [6, 6.07) is 4.51. The second-order valence-electron chi connectivity index (χ2n) is 5.62. The Morgan fingerprint density at radius 2 is 2.17 bits per heavy atom. The number of amides is 1. The van der Waals surface area contributed by atoms with Gasteiger partial charge >= 0.3 is 0 Å². The number of carbonyl (C=O) groups excluding carboxylic acids is 1. The average molecular weight is 331 g/mol. The Kier molecular flexibility index (Phi) is 5.89. The summed E-state index contributed by atoms with van der Waals surface area (Å²) in [5.74, 6) is -0.300. The van der Waals surface area contributed by atoms with Crippen molar-refractivity contribution in [3.05, 3.63) is 52.6 Å². The van der Waals surface area contributed by atoms with E-state index < -0.39 is 4.92 Å². The van der Waals surface area contributed by atoms with Gasteiger partial charge in [0.25, 0.3) is 11.6 Å². The van der Waals surface area contributed by atoms with E-state index in [-0.39, 0.29) is 11.6 Å². The predicted octanol–water partition coefficient (Wildman–Crippen LogP) is 2.07. The van der Waals surface area contributed by atoms with Gasteiger partial charge in [0.1, 0.15) is 5.69 Å². The van der Waals surface area contributed by atoms with Gasteiger partial charge in [0.15, 0.2) is 0 Å². The van der Waals surface area contributed by atoms with Gasteiger partial charge in [-0.2, -0.15) is 0 Å². The number of unbranched alkanes of at least 4 members (excludes halogenated alkanes) is 1. The first-order valence-corrected chi connectivity index (χ1v) is 7.68. The van der Waals surface area contributed by atoms with Crippen molar-refractivity contribution in [2.75, 3.05) is 25.5 Å². The highest BCUT2D eigenvalue weighted by Crippen LogP contribution is 2.27. The molecule has 0 bridgehead atoms. The lowest BCUT2D eigenvalue weighted by Crippen LogP contribution is -2.25. The fourth-order valence-electron chi connectivity index (χ4n) is 2.33. The fraction of sp³-hybridized carbons (Fsp3) is 0.375. The summed E-state index contributed by atoms with van der Waals surface area (Å²) in [4.78, 5) is 28.4. The summed E-state index contributed by atoms with van der Waals surface area (Å²) in [5.41, 5.74) is 0.687. The molecule has 2 aromatic rings. The molecule has 1 heterocycles. The first-order valence-electron chi connectivity index (χ1n) is 7.68. The van der Waals surface area contributed by atoms with Crippen LogP contribution in [-0.2, 0) is 6.54 Å². The summed E-state index contributed by atoms with van der Waals surface area (Å²) >= 11 is 0. The third-order valence-corrected chi connectivity index (χ3v) is 3.60. The van der Waals surface area contributed by atoms with Crippen LogP contribution in [0.15, 0.2) is 36.9 Å². The van der Waals surface area contributed by atoms with Crippen molar-refractivity contribution >= 4 is 17.3 Å². The summed E-state index contributed by atoms with van der Waals surface area (Å²) < 4.78 is 1.98. The summed E-state index contributed by atoms with van der Waals surface area (Å²) in [5, 5.41) is 13.9. The monoisotopic (exact) mass is 331 g/mol. The number of aryl methyl sites for hydroxylation is 1. The second kappa shape index (κ2) is 8.09. The Morgan fingerprint density at radius 1 is 1.38 bits per heavy atom. The molecule has 0 aliphatic rings. The van der Waals surface area contributed by atoms with E-state index in [0.29, 0.717) is 17.8 Å². The quantitative estimate of drug-likeness (QED) is 0.454. The van der Waals surface area contributed by atoms with Crippen LogP contribution in [0.3, 0.4) is 0 Å². The number of nitrogens with zero attached hydrogens (tertiary/aromatic N) is 4. The minimum absolute atomic E-state index is 0.0762. The van der Waals surface area contributed by atoms with Crippen LogP contribution in [0.2, 0.25) is 0 Å². The van der Waals surface area contributed by atoms with Gasteiger partial charge in [0.2, 0.25) is 0 Å². The van der Waals surface area contributed by atoms with Crippen molar-refractivity contribution in [3.8, 4) is 0 Å². The van der Waals surface area contributed by atoms with Gasteiger partial charge in [-0.25, -0.2) is 4.98 Å². The van der Waals surface area contributed by atoms with E-state index in [1.54, 1.807) is 43.7 Å². The Balaban J connectivity index is 1.87. The molecule has 8 heteroatoms. The fourth-order valence-corrected chi connectivity index (χ4v) is 2.33. The third-order valence-electron chi connectivity index (χ3n) is 3.60. The molecule has 0 radical (unpaired) electrons. The maximum Gasteiger partial charge on any atom is 0.293 e. The number of hydrogen-bond acceptors (Lipinski definition) is 5. The maximum atomic E-state index is 12.1. The molecule has 0 aliphatic carbocycles. The molecule has 1 aromatic carbocycles. The van der Waals surface area contributed by atoms with Crippen LogP contribution < -0.4 is 10.2 Å². The number of imidazole rings is 1. The van der Waals surface area contributed by atoms with E-state index >= 15 is 0 Å². The van der Waals surface area contributed by atoms with Gasteiger partial charge in [-0.15, -0.1) is 0 Å². The van der Waals surface area contributed by atoms with E-state index in [9.17, 15) is 14.9 Å². The molecule has 0 unspecified atom stereocenters. The van der Waals surface area contributed by atoms with Crippen LogP contribution >= 0.6 is 0 Å². The SMILES string of the molecule is CN(C)c1ccc(C(=O)NCCCCn2ccnc2)cc1[N+](=O)[O-]. The van der Waals surface area contributed by atoms with E-state index in [1.807, 2.05) is 10.8 Å². The minimum atomic E-state index is -0.475. The molecule has 0 saturated carbocycles. The zero-order valence-electron chi connectivity index (χ0n) is 13.8. The lowest BCUT2D eigenvalue weighted by atomic mass is 10.1. The third kappa shape index (κ3) is 4.55. The molecule has 0 fully saturated rings. The molecule has 1 aromatic heterocycles. The van der Waals surface area contributed by atoms with E-state index in [1.165, 1.54) is 6.07 Å². The molecule has 8 nitrogen and oxygen atoms in total. The highest BCUT2D eigenvalue weighted by atomic mass is 16.6. The van der Waals surface area contributed by atoms with E-state index in [0.717, 1.165) is 19.4 Å². The highest BCUT2D eigenvalue weighted by molar-refractivity contribution is 5.95. The molecular weight excluding hydrogens is 310 g/mol. The number of aromatic nitrogens is 2. The second-order valence-corrected chi connectivity index (χ2v) is 5.62. The zero-order valence-corrected chi connectivity index (χ0v) is 13.8. The largest absolute Gasteiger partial charge is 0.372 e. The van der Waals surface area contributed by atoms with Crippen molar-refractivity contribution in [2.24, 2.45) is 0 Å². The molecule has 128 valence electrons. The maximum absolute atomic E-state index is 12.1. The molecule has 0 spiro atoms. The molecule has 0 atom stereocenters. The Hall–Kier alpha value is -2.90. The predicted molar refractivity (Wildman–Crippen MR) is 91.2 cm³/mol. The van der Waals surface area contributed by atoms with Gasteiger partial charge in [-0.3, -0.25) is 14.9 Å². The normalized spacial score (nSPS) is 10.4. The van der Waals surface area contributed by atoms with Gasteiger partial charge in [-0.05, 0) is 25.0 Å². The van der Waals surface area contributed by atoms with Crippen LogP contribution in [-0.4, -0.2) is 41.0 Å². The average Bonchev–Trinajstić information content (AvgIpc) is 3.07. The first-order chi connectivity index (χ1) is 11.5. The van der Waals surface area contributed by atoms with Crippen LogP contribution in [0.25, 0.3) is 0 Å². The molecule has 1 N–H and O–H groups in total. The summed E-state index contributed by atoms with van der Waals surface area (Å²) in [6.45, 7) is 1.37. The Labute approximate surface area is 140 Å². The molecule has 2 rings (SSSR count). The number of benzene rings is 1. The number of nitro groups is 1. The summed E-state index contributed by atoms with van der Waals surface area (Å²) in [6.07, 6.45) is 7.11. The minimum Gasteiger partial charge on any atom is -0.372 e. The van der Waals surface area contributed by atoms with Gasteiger partial charge in [-0.1, -0.05) is 0 Å². The van der Waals surface area contributed by atoms with Gasteiger partial charge in [0.05, 0.1) is 11.3 Å². The van der Waals surface area contributed by atoms with E-state index in [2.05, 4.69) is 10.3 Å². The van der Waals surface area contributed by atoms with Crippen LogP contribution in [0, 0.1) is 10.1 Å². The van der Waals surface area contributed by atoms with Crippen molar-refractivity contribution in [2.45, 2.75) is 19.4 Å². The molecule has 24 heavy (non-hydrogen) atoms. The number of carbonyl (C=O) groups is 1. The number of rotatable bonds is 8. The lowest BCUT2D eigenvalue weighted by Gasteiger charge is -2.13. The Bertz CT molecular complexity index is 698. The van der Waals surface area contributed by atoms with Crippen LogP contribution in [0.1, 0.15) is 23.2 Å². The topological polar surface area (TPSA) is 93.3 Å². The number of hydrogen-bond donors (Lipinski definition) is 1. The number of nitro benzene ring substituents is 1. The summed E-state index contributed by atoms with van der Waals surface area (Å²) in [7, 11) is 3.45. The number of nitrogens with one attached hydrogen (secondary N) is 1. The van der Waals surface area contributed by atoms with Crippen molar-refractivity contribution in [1.29, 1.82) is 0 Å². The molecular formula is C16H21N5O3. The van der Waals surface area contributed by atoms with Crippen molar-refractivity contribution in [1.82, 2.24) is 14.9 Å². The van der Waals surface area contributed by atoms with Gasteiger partial charge in [0, 0.05) is 51.2 Å². The smallest absolute Gasteiger partial charge is 0.293 e. The van der Waals surface area contributed by atoms with Crippen LogP contribution in [0.4, 0.5) is 11.4 Å². The number of anilines is 1.